The van der Waals surface area contributed by atoms with Gasteiger partial charge in [-0.15, -0.1) is 0 Å². The molecule has 68 valence electrons. The molecule has 0 saturated carbocycles. The van der Waals surface area contributed by atoms with Gasteiger partial charge in [-0.1, -0.05) is 18.2 Å². The normalized spacial score (nSPS) is 10.7. The van der Waals surface area contributed by atoms with Crippen molar-refractivity contribution >= 4 is 10.1 Å². The fourth-order valence-corrected chi connectivity index (χ4v) is 2.16. The summed E-state index contributed by atoms with van der Waals surface area (Å²) in [6.07, 6.45) is 0. The Morgan fingerprint density at radius 3 is 1.85 bits per heavy atom. The zero-order chi connectivity index (χ0) is 9.35. The standard InChI is InChI=1S/C8H10O3S.Na.H/c1-6-4-3-5-7(2)8(6)12(9,10)11;;/h3-5H,1-2H3,(H,9,10,11);;/q;+1;-1. The van der Waals surface area contributed by atoms with E-state index in [1.807, 2.05) is 0 Å². The molecule has 1 N–H and O–H groups in total. The van der Waals surface area contributed by atoms with Crippen molar-refractivity contribution in [1.29, 1.82) is 0 Å². The van der Waals surface area contributed by atoms with E-state index in [0.717, 1.165) is 0 Å². The second-order valence-electron chi connectivity index (χ2n) is 2.70. The van der Waals surface area contributed by atoms with Gasteiger partial charge in [-0.3, -0.25) is 4.55 Å². The van der Waals surface area contributed by atoms with E-state index >= 15 is 0 Å². The van der Waals surface area contributed by atoms with E-state index in [-0.39, 0.29) is 35.9 Å². The number of hydrogen-bond donors (Lipinski definition) is 1. The molecule has 1 aromatic carbocycles. The Hall–Kier alpha value is 0.130. The monoisotopic (exact) mass is 210 g/mol. The molecule has 13 heavy (non-hydrogen) atoms. The van der Waals surface area contributed by atoms with Gasteiger partial charge in [0.15, 0.2) is 0 Å². The Balaban J connectivity index is 0. The van der Waals surface area contributed by atoms with Crippen molar-refractivity contribution in [3.63, 3.8) is 0 Å². The van der Waals surface area contributed by atoms with E-state index in [1.165, 1.54) is 0 Å². The summed E-state index contributed by atoms with van der Waals surface area (Å²) in [6.45, 7) is 3.30. The maximum absolute atomic E-state index is 10.8. The van der Waals surface area contributed by atoms with E-state index in [1.54, 1.807) is 32.0 Å². The van der Waals surface area contributed by atoms with Crippen LogP contribution in [0.4, 0.5) is 0 Å². The van der Waals surface area contributed by atoms with Gasteiger partial charge >= 0.3 is 29.6 Å². The number of hydrogen-bond acceptors (Lipinski definition) is 2. The molecular weight excluding hydrogens is 199 g/mol. The van der Waals surface area contributed by atoms with E-state index in [9.17, 15) is 8.42 Å². The third kappa shape index (κ3) is 3.07. The second-order valence-corrected chi connectivity index (χ2v) is 4.05. The van der Waals surface area contributed by atoms with Gasteiger partial charge in [-0.05, 0) is 25.0 Å². The van der Waals surface area contributed by atoms with E-state index in [4.69, 9.17) is 4.55 Å². The van der Waals surface area contributed by atoms with Gasteiger partial charge in [0.25, 0.3) is 10.1 Å². The van der Waals surface area contributed by atoms with Crippen LogP contribution in [-0.4, -0.2) is 13.0 Å². The molecule has 0 amide bonds. The molecule has 3 nitrogen and oxygen atoms in total. The number of aryl methyl sites for hydroxylation is 2. The van der Waals surface area contributed by atoms with E-state index < -0.39 is 10.1 Å². The molecule has 0 saturated heterocycles. The second kappa shape index (κ2) is 4.57. The largest absolute Gasteiger partial charge is 1.00 e. The minimum absolute atomic E-state index is 0. The van der Waals surface area contributed by atoms with Gasteiger partial charge in [0.05, 0.1) is 4.90 Å². The van der Waals surface area contributed by atoms with Crippen LogP contribution in [0.15, 0.2) is 23.1 Å². The molecule has 0 aliphatic rings. The summed E-state index contributed by atoms with van der Waals surface area (Å²) in [7, 11) is -4.06. The Kier molecular flexibility index (Phi) is 4.62. The zero-order valence-electron chi connectivity index (χ0n) is 8.90. The van der Waals surface area contributed by atoms with Crippen LogP contribution in [0.2, 0.25) is 0 Å². The van der Waals surface area contributed by atoms with Crippen molar-refractivity contribution in [1.82, 2.24) is 0 Å². The molecule has 1 rings (SSSR count). The topological polar surface area (TPSA) is 54.4 Å². The number of rotatable bonds is 1. The van der Waals surface area contributed by atoms with E-state index in [2.05, 4.69) is 0 Å². The molecule has 0 aromatic heterocycles. The quantitative estimate of drug-likeness (QED) is 0.461. The molecule has 0 heterocycles. The Morgan fingerprint density at radius 1 is 1.23 bits per heavy atom. The van der Waals surface area contributed by atoms with Gasteiger partial charge in [-0.2, -0.15) is 8.42 Å². The molecule has 0 aliphatic heterocycles. The minimum Gasteiger partial charge on any atom is -1.00 e. The maximum atomic E-state index is 10.8. The summed E-state index contributed by atoms with van der Waals surface area (Å²) in [5.41, 5.74) is 1.13. The third-order valence-corrected chi connectivity index (χ3v) is 2.83. The van der Waals surface area contributed by atoms with Crippen LogP contribution in [0.25, 0.3) is 0 Å². The molecule has 5 heteroatoms. The maximum Gasteiger partial charge on any atom is 1.00 e. The zero-order valence-corrected chi connectivity index (χ0v) is 10.7. The molecular formula is C8H11NaO3S. The molecule has 1 aromatic rings. The Morgan fingerprint density at radius 2 is 1.62 bits per heavy atom. The third-order valence-electron chi connectivity index (χ3n) is 1.67. The summed E-state index contributed by atoms with van der Waals surface area (Å²) >= 11 is 0. The molecule has 0 unspecified atom stereocenters. The van der Waals surface area contributed by atoms with Crippen LogP contribution < -0.4 is 29.6 Å². The molecule has 0 atom stereocenters. The Bertz CT molecular complexity index is 383. The minimum atomic E-state index is -4.06. The molecule has 0 aliphatic carbocycles. The van der Waals surface area contributed by atoms with Crippen molar-refractivity contribution in [2.45, 2.75) is 18.7 Å². The molecule has 0 spiro atoms. The first-order valence-corrected chi connectivity index (χ1v) is 4.90. The fraction of sp³-hybridized carbons (Fsp3) is 0.250. The number of benzene rings is 1. The van der Waals surface area contributed by atoms with Crippen LogP contribution in [0.3, 0.4) is 0 Å². The summed E-state index contributed by atoms with van der Waals surface area (Å²) in [4.78, 5) is 0.0185. The fourth-order valence-electron chi connectivity index (χ4n) is 1.21. The summed E-state index contributed by atoms with van der Waals surface area (Å²) < 4.78 is 30.5. The van der Waals surface area contributed by atoms with E-state index in [0.29, 0.717) is 11.1 Å². The summed E-state index contributed by atoms with van der Waals surface area (Å²) in [6, 6.07) is 5.05. The van der Waals surface area contributed by atoms with Crippen molar-refractivity contribution < 1.29 is 44.0 Å². The Labute approximate surface area is 102 Å². The van der Waals surface area contributed by atoms with Crippen molar-refractivity contribution in [2.75, 3.05) is 0 Å². The first-order chi connectivity index (χ1) is 5.43. The van der Waals surface area contributed by atoms with Gasteiger partial charge in [-0.25, -0.2) is 0 Å². The molecule has 0 radical (unpaired) electrons. The van der Waals surface area contributed by atoms with Gasteiger partial charge in [0.1, 0.15) is 0 Å². The average Bonchev–Trinajstić information content (AvgIpc) is 1.82. The first-order valence-electron chi connectivity index (χ1n) is 3.46. The predicted octanol–water partition coefficient (Wildman–Crippen LogP) is -1.33. The van der Waals surface area contributed by atoms with Gasteiger partial charge in [0.2, 0.25) is 0 Å². The first kappa shape index (κ1) is 13.1. The molecule has 0 fully saturated rings. The van der Waals surface area contributed by atoms with Crippen LogP contribution in [0.5, 0.6) is 0 Å². The van der Waals surface area contributed by atoms with Gasteiger partial charge in [0, 0.05) is 0 Å². The van der Waals surface area contributed by atoms with Crippen LogP contribution >= 0.6 is 0 Å². The predicted molar refractivity (Wildman–Crippen MR) is 46.8 cm³/mol. The summed E-state index contributed by atoms with van der Waals surface area (Å²) in [5, 5.41) is 0. The van der Waals surface area contributed by atoms with Crippen LogP contribution in [0.1, 0.15) is 12.6 Å². The van der Waals surface area contributed by atoms with Crippen molar-refractivity contribution in [3.05, 3.63) is 29.3 Å². The smallest absolute Gasteiger partial charge is 1.00 e. The van der Waals surface area contributed by atoms with Crippen molar-refractivity contribution in [2.24, 2.45) is 0 Å². The average molecular weight is 210 g/mol. The summed E-state index contributed by atoms with van der Waals surface area (Å²) in [5.74, 6) is 0. The van der Waals surface area contributed by atoms with Crippen LogP contribution in [0, 0.1) is 13.8 Å². The molecule has 0 bridgehead atoms. The van der Waals surface area contributed by atoms with Crippen LogP contribution in [-0.2, 0) is 10.1 Å². The van der Waals surface area contributed by atoms with Gasteiger partial charge < -0.3 is 1.43 Å². The SMILES string of the molecule is Cc1cccc(C)c1S(=O)(=O)O.[H-].[Na+]. The van der Waals surface area contributed by atoms with Crippen molar-refractivity contribution in [3.8, 4) is 0 Å².